The number of hydrogen-bond donors (Lipinski definition) is 1. The molecule has 0 unspecified atom stereocenters. The zero-order chi connectivity index (χ0) is 18.2. The van der Waals surface area contributed by atoms with Crippen LogP contribution in [0.15, 0.2) is 50.5 Å². The number of nitrogens with one attached hydrogen (secondary N) is 1. The van der Waals surface area contributed by atoms with Crippen LogP contribution in [-0.4, -0.2) is 13.6 Å². The van der Waals surface area contributed by atoms with Crippen LogP contribution >= 0.6 is 11.3 Å². The van der Waals surface area contributed by atoms with Crippen LogP contribution in [0, 0.1) is 6.92 Å². The van der Waals surface area contributed by atoms with Crippen molar-refractivity contribution in [2.24, 2.45) is 0 Å². The van der Waals surface area contributed by atoms with Crippen molar-refractivity contribution in [3.63, 3.8) is 0 Å². The van der Waals surface area contributed by atoms with E-state index in [-0.39, 0.29) is 4.21 Å². The highest BCUT2D eigenvalue weighted by Gasteiger charge is 2.34. The Balaban J connectivity index is 1.93. The lowest BCUT2D eigenvalue weighted by Crippen LogP contribution is -2.16. The molecule has 0 radical (unpaired) electrons. The first-order valence-corrected chi connectivity index (χ1v) is 9.24. The summed E-state index contributed by atoms with van der Waals surface area (Å²) in [7, 11) is -4.17. The van der Waals surface area contributed by atoms with Gasteiger partial charge in [-0.2, -0.15) is 13.2 Å². The van der Waals surface area contributed by atoms with E-state index in [0.717, 1.165) is 23.5 Å². The molecule has 0 aliphatic heterocycles. The first kappa shape index (κ1) is 17.5. The highest BCUT2D eigenvalue weighted by molar-refractivity contribution is 7.94. The number of aryl methyl sites for hydroxylation is 1. The molecule has 0 atom stereocenters. The quantitative estimate of drug-likeness (QED) is 0.713. The second kappa shape index (κ2) is 6.19. The van der Waals surface area contributed by atoms with Crippen molar-refractivity contribution in [3.05, 3.63) is 53.0 Å². The first-order valence-electron chi connectivity index (χ1n) is 6.88. The van der Waals surface area contributed by atoms with Crippen molar-refractivity contribution in [1.82, 2.24) is 5.16 Å². The van der Waals surface area contributed by atoms with Gasteiger partial charge in [-0.15, -0.1) is 11.3 Å². The highest BCUT2D eigenvalue weighted by atomic mass is 32.2. The molecule has 1 aromatic carbocycles. The van der Waals surface area contributed by atoms with Crippen molar-refractivity contribution in [1.29, 1.82) is 0 Å². The molecule has 25 heavy (non-hydrogen) atoms. The summed E-state index contributed by atoms with van der Waals surface area (Å²) in [6, 6.07) is 7.35. The van der Waals surface area contributed by atoms with E-state index in [4.69, 9.17) is 4.52 Å². The Bertz CT molecular complexity index is 1010. The van der Waals surface area contributed by atoms with Crippen LogP contribution in [0.2, 0.25) is 0 Å². The Kier molecular flexibility index (Phi) is 4.33. The maximum atomic E-state index is 13.0. The van der Waals surface area contributed by atoms with Gasteiger partial charge >= 0.3 is 6.18 Å². The number of aromatic nitrogens is 1. The summed E-state index contributed by atoms with van der Waals surface area (Å²) in [6.07, 6.45) is -4.67. The van der Waals surface area contributed by atoms with Crippen molar-refractivity contribution < 1.29 is 26.1 Å². The fraction of sp³-hybridized carbons (Fsp3) is 0.133. The number of halogens is 3. The molecule has 0 saturated heterocycles. The molecule has 132 valence electrons. The van der Waals surface area contributed by atoms with Crippen molar-refractivity contribution in [3.8, 4) is 11.3 Å². The van der Waals surface area contributed by atoms with Gasteiger partial charge < -0.3 is 4.52 Å². The van der Waals surface area contributed by atoms with E-state index >= 15 is 0 Å². The summed E-state index contributed by atoms with van der Waals surface area (Å²) in [5.74, 6) is 0.380. The van der Waals surface area contributed by atoms with Crippen LogP contribution in [0.4, 0.5) is 18.9 Å². The maximum absolute atomic E-state index is 13.0. The molecular weight excluding hydrogens is 377 g/mol. The van der Waals surface area contributed by atoms with Gasteiger partial charge in [0.05, 0.1) is 16.9 Å². The topological polar surface area (TPSA) is 72.2 Å². The van der Waals surface area contributed by atoms with E-state index in [1.165, 1.54) is 23.6 Å². The first-order chi connectivity index (χ1) is 11.7. The summed E-state index contributed by atoms with van der Waals surface area (Å²) in [5.41, 5.74) is -0.473. The average molecular weight is 388 g/mol. The van der Waals surface area contributed by atoms with Crippen molar-refractivity contribution in [2.45, 2.75) is 17.3 Å². The highest BCUT2D eigenvalue weighted by Crippen LogP contribution is 2.36. The summed E-state index contributed by atoms with van der Waals surface area (Å²) in [4.78, 5) is 0. The van der Waals surface area contributed by atoms with Gasteiger partial charge in [-0.3, -0.25) is 4.72 Å². The molecule has 0 saturated carbocycles. The van der Waals surface area contributed by atoms with Gasteiger partial charge in [-0.25, -0.2) is 8.42 Å². The fourth-order valence-electron chi connectivity index (χ4n) is 2.10. The summed E-state index contributed by atoms with van der Waals surface area (Å²) in [6.45, 7) is 1.71. The molecule has 2 heterocycles. The van der Waals surface area contributed by atoms with E-state index in [9.17, 15) is 21.6 Å². The summed E-state index contributed by atoms with van der Waals surface area (Å²) < 4.78 is 70.8. The van der Waals surface area contributed by atoms with Gasteiger partial charge in [0.15, 0.2) is 5.76 Å². The monoisotopic (exact) mass is 388 g/mol. The lowest BCUT2D eigenvalue weighted by Gasteiger charge is -2.13. The van der Waals surface area contributed by atoms with Crippen LogP contribution in [0.3, 0.4) is 0 Å². The molecule has 2 aromatic heterocycles. The van der Waals surface area contributed by atoms with Gasteiger partial charge in [0.25, 0.3) is 10.0 Å². The molecule has 10 heteroatoms. The third kappa shape index (κ3) is 3.69. The number of benzene rings is 1. The smallest absolute Gasteiger partial charge is 0.356 e. The molecule has 3 rings (SSSR count). The maximum Gasteiger partial charge on any atom is 0.418 e. The zero-order valence-electron chi connectivity index (χ0n) is 12.7. The van der Waals surface area contributed by atoms with E-state index in [1.54, 1.807) is 13.0 Å². The second-order valence-corrected chi connectivity index (χ2v) is 7.96. The van der Waals surface area contributed by atoms with Gasteiger partial charge in [0.1, 0.15) is 4.21 Å². The number of thiophene rings is 1. The van der Waals surface area contributed by atoms with E-state index in [0.29, 0.717) is 17.0 Å². The minimum absolute atomic E-state index is 0.131. The Morgan fingerprint density at radius 3 is 2.56 bits per heavy atom. The standard InChI is InChI=1S/C15H11F3N2O3S2/c1-9-6-13(23-19-9)10-7-14(24-8-10)25(21,22)20-12-5-3-2-4-11(12)15(16,17)18/h2-8,20H,1H3. The lowest BCUT2D eigenvalue weighted by atomic mass is 10.2. The van der Waals surface area contributed by atoms with Gasteiger partial charge in [-0.05, 0) is 25.1 Å². The molecule has 5 nitrogen and oxygen atoms in total. The van der Waals surface area contributed by atoms with Crippen LogP contribution in [0.25, 0.3) is 11.3 Å². The fourth-order valence-corrected chi connectivity index (χ4v) is 4.35. The SMILES string of the molecule is Cc1cc(-c2csc(S(=O)(=O)Nc3ccccc3C(F)(F)F)c2)on1. The molecular formula is C15H11F3N2O3S2. The molecule has 0 aliphatic rings. The van der Waals surface area contributed by atoms with Crippen molar-refractivity contribution >= 4 is 27.0 Å². The molecule has 0 aliphatic carbocycles. The van der Waals surface area contributed by atoms with Gasteiger partial charge in [-0.1, -0.05) is 17.3 Å². The Hall–Kier alpha value is -2.33. The molecule has 1 N–H and O–H groups in total. The Morgan fingerprint density at radius 2 is 1.92 bits per heavy atom. The number of hydrogen-bond acceptors (Lipinski definition) is 5. The summed E-state index contributed by atoms with van der Waals surface area (Å²) in [5, 5.41) is 5.24. The molecule has 0 fully saturated rings. The lowest BCUT2D eigenvalue weighted by molar-refractivity contribution is -0.136. The normalized spacial score (nSPS) is 12.3. The largest absolute Gasteiger partial charge is 0.418 e. The third-order valence-corrected chi connectivity index (χ3v) is 6.03. The zero-order valence-corrected chi connectivity index (χ0v) is 14.3. The average Bonchev–Trinajstić information content (AvgIpc) is 3.15. The minimum Gasteiger partial charge on any atom is -0.356 e. The number of rotatable bonds is 4. The Labute approximate surface area is 145 Å². The number of sulfonamides is 1. The number of para-hydroxylation sites is 1. The minimum atomic E-state index is -4.67. The summed E-state index contributed by atoms with van der Waals surface area (Å²) >= 11 is 0.874. The van der Waals surface area contributed by atoms with E-state index in [1.807, 2.05) is 4.72 Å². The molecule has 0 bridgehead atoms. The second-order valence-electron chi connectivity index (χ2n) is 5.14. The van der Waals surface area contributed by atoms with Crippen molar-refractivity contribution in [2.75, 3.05) is 4.72 Å². The predicted molar refractivity (Wildman–Crippen MR) is 86.8 cm³/mol. The van der Waals surface area contributed by atoms with Crippen LogP contribution in [-0.2, 0) is 16.2 Å². The molecule has 0 spiro atoms. The van der Waals surface area contributed by atoms with E-state index < -0.39 is 27.5 Å². The van der Waals surface area contributed by atoms with Crippen LogP contribution in [0.5, 0.6) is 0 Å². The van der Waals surface area contributed by atoms with Crippen LogP contribution < -0.4 is 4.72 Å². The Morgan fingerprint density at radius 1 is 1.20 bits per heavy atom. The predicted octanol–water partition coefficient (Wildman–Crippen LogP) is 4.53. The van der Waals surface area contributed by atoms with Crippen LogP contribution in [0.1, 0.15) is 11.3 Å². The number of anilines is 1. The molecule has 0 amide bonds. The number of alkyl halides is 3. The third-order valence-electron chi connectivity index (χ3n) is 3.23. The van der Waals surface area contributed by atoms with Gasteiger partial charge in [0, 0.05) is 17.0 Å². The number of nitrogens with zero attached hydrogens (tertiary/aromatic N) is 1. The molecule has 3 aromatic rings. The van der Waals surface area contributed by atoms with Gasteiger partial charge in [0.2, 0.25) is 0 Å². The van der Waals surface area contributed by atoms with E-state index in [2.05, 4.69) is 5.16 Å².